The quantitative estimate of drug-likeness (QED) is 0.867. The van der Waals surface area contributed by atoms with Gasteiger partial charge in [0.15, 0.2) is 0 Å². The van der Waals surface area contributed by atoms with Crippen LogP contribution >= 0.6 is 0 Å². The van der Waals surface area contributed by atoms with E-state index in [1.807, 2.05) is 13.8 Å². The highest BCUT2D eigenvalue weighted by atomic mass is 32.2. The van der Waals surface area contributed by atoms with E-state index in [-0.39, 0.29) is 16.8 Å². The second-order valence-corrected chi connectivity index (χ2v) is 7.67. The van der Waals surface area contributed by atoms with E-state index in [4.69, 9.17) is 0 Å². The Balaban J connectivity index is 2.10. The molecule has 128 valence electrons. The summed E-state index contributed by atoms with van der Waals surface area (Å²) >= 11 is 0. The maximum absolute atomic E-state index is 12.4. The SMILES string of the molecule is CCN(CC)C(=O)c1ccc(S(=O)(=O)NC2CCCCC2)cc1. The molecule has 1 aliphatic carbocycles. The molecule has 0 radical (unpaired) electrons. The number of carbonyl (C=O) groups excluding carboxylic acids is 1. The molecular formula is C17H26N2O3S. The summed E-state index contributed by atoms with van der Waals surface area (Å²) in [6.07, 6.45) is 5.13. The molecule has 1 amide bonds. The highest BCUT2D eigenvalue weighted by Crippen LogP contribution is 2.20. The average Bonchev–Trinajstić information content (AvgIpc) is 2.56. The fourth-order valence-corrected chi connectivity index (χ4v) is 4.28. The van der Waals surface area contributed by atoms with Crippen LogP contribution in [0.2, 0.25) is 0 Å². The van der Waals surface area contributed by atoms with Crippen LogP contribution in [0.25, 0.3) is 0 Å². The molecule has 6 heteroatoms. The Kier molecular flexibility index (Phi) is 6.18. The van der Waals surface area contributed by atoms with Gasteiger partial charge in [-0.3, -0.25) is 4.79 Å². The molecule has 2 rings (SSSR count). The van der Waals surface area contributed by atoms with Crippen LogP contribution in [0.15, 0.2) is 29.2 Å². The summed E-state index contributed by atoms with van der Waals surface area (Å²) in [5, 5.41) is 0. The minimum atomic E-state index is -3.51. The van der Waals surface area contributed by atoms with Crippen LogP contribution in [0.1, 0.15) is 56.3 Å². The van der Waals surface area contributed by atoms with Gasteiger partial charge >= 0.3 is 0 Å². The fourth-order valence-electron chi connectivity index (χ4n) is 2.98. The number of sulfonamides is 1. The van der Waals surface area contributed by atoms with Crippen LogP contribution < -0.4 is 4.72 Å². The molecule has 0 aliphatic heterocycles. The standard InChI is InChI=1S/C17H26N2O3S/c1-3-19(4-2)17(20)14-10-12-16(13-11-14)23(21,22)18-15-8-6-5-7-9-15/h10-13,15,18H,3-9H2,1-2H3. The molecule has 1 fully saturated rings. The van der Waals surface area contributed by atoms with Crippen molar-refractivity contribution in [2.24, 2.45) is 0 Å². The van der Waals surface area contributed by atoms with E-state index in [9.17, 15) is 13.2 Å². The molecular weight excluding hydrogens is 312 g/mol. The van der Waals surface area contributed by atoms with Crippen LogP contribution in [-0.2, 0) is 10.0 Å². The normalized spacial score (nSPS) is 16.3. The topological polar surface area (TPSA) is 66.5 Å². The number of hydrogen-bond acceptors (Lipinski definition) is 3. The average molecular weight is 338 g/mol. The van der Waals surface area contributed by atoms with Crippen molar-refractivity contribution in [3.63, 3.8) is 0 Å². The Morgan fingerprint density at radius 2 is 1.65 bits per heavy atom. The fraction of sp³-hybridized carbons (Fsp3) is 0.588. The lowest BCUT2D eigenvalue weighted by molar-refractivity contribution is 0.0773. The Hall–Kier alpha value is -1.40. The van der Waals surface area contributed by atoms with Crippen LogP contribution in [0.3, 0.4) is 0 Å². The monoisotopic (exact) mass is 338 g/mol. The van der Waals surface area contributed by atoms with Gasteiger partial charge in [-0.05, 0) is 51.0 Å². The lowest BCUT2D eigenvalue weighted by Gasteiger charge is -2.22. The number of nitrogens with one attached hydrogen (secondary N) is 1. The van der Waals surface area contributed by atoms with E-state index >= 15 is 0 Å². The van der Waals surface area contributed by atoms with E-state index in [0.29, 0.717) is 18.7 Å². The molecule has 1 aliphatic rings. The predicted octanol–water partition coefficient (Wildman–Crippen LogP) is 2.78. The van der Waals surface area contributed by atoms with Gasteiger partial charge in [-0.2, -0.15) is 0 Å². The second kappa shape index (κ2) is 7.93. The highest BCUT2D eigenvalue weighted by molar-refractivity contribution is 7.89. The third-order valence-corrected chi connectivity index (χ3v) is 5.93. The van der Waals surface area contributed by atoms with E-state index in [1.165, 1.54) is 18.6 Å². The van der Waals surface area contributed by atoms with Crippen LogP contribution in [0.4, 0.5) is 0 Å². The van der Waals surface area contributed by atoms with Crippen molar-refractivity contribution in [1.82, 2.24) is 9.62 Å². The van der Waals surface area contributed by atoms with Gasteiger partial charge in [0.05, 0.1) is 4.90 Å². The Morgan fingerprint density at radius 1 is 1.09 bits per heavy atom. The van der Waals surface area contributed by atoms with Crippen molar-refractivity contribution in [3.05, 3.63) is 29.8 Å². The number of nitrogens with zero attached hydrogens (tertiary/aromatic N) is 1. The summed E-state index contributed by atoms with van der Waals surface area (Å²) in [5.41, 5.74) is 0.519. The van der Waals surface area contributed by atoms with Crippen LogP contribution in [-0.4, -0.2) is 38.4 Å². The van der Waals surface area contributed by atoms with E-state index in [2.05, 4.69) is 4.72 Å². The summed E-state index contributed by atoms with van der Waals surface area (Å²) in [5.74, 6) is -0.0702. The molecule has 0 saturated heterocycles. The number of carbonyl (C=O) groups is 1. The number of benzene rings is 1. The molecule has 0 spiro atoms. The van der Waals surface area contributed by atoms with Gasteiger partial charge in [-0.25, -0.2) is 13.1 Å². The van der Waals surface area contributed by atoms with Gasteiger partial charge in [0, 0.05) is 24.7 Å². The highest BCUT2D eigenvalue weighted by Gasteiger charge is 2.22. The predicted molar refractivity (Wildman–Crippen MR) is 90.9 cm³/mol. The molecule has 1 N–H and O–H groups in total. The molecule has 23 heavy (non-hydrogen) atoms. The summed E-state index contributed by atoms with van der Waals surface area (Å²) in [4.78, 5) is 14.2. The Labute approximate surface area is 139 Å². The molecule has 0 atom stereocenters. The third-order valence-electron chi connectivity index (χ3n) is 4.39. The molecule has 0 bridgehead atoms. The summed E-state index contributed by atoms with van der Waals surface area (Å²) in [6, 6.07) is 6.25. The largest absolute Gasteiger partial charge is 0.339 e. The van der Waals surface area contributed by atoms with Crippen molar-refractivity contribution < 1.29 is 13.2 Å². The molecule has 1 aromatic rings. The van der Waals surface area contributed by atoms with Crippen molar-refractivity contribution in [2.45, 2.75) is 56.9 Å². The molecule has 1 aromatic carbocycles. The zero-order valence-electron chi connectivity index (χ0n) is 13.9. The van der Waals surface area contributed by atoms with Gasteiger partial charge in [0.2, 0.25) is 10.0 Å². The van der Waals surface area contributed by atoms with Crippen molar-refractivity contribution in [2.75, 3.05) is 13.1 Å². The van der Waals surface area contributed by atoms with E-state index in [1.54, 1.807) is 17.0 Å². The Morgan fingerprint density at radius 3 is 2.17 bits per heavy atom. The third kappa shape index (κ3) is 4.54. The molecule has 5 nitrogen and oxygen atoms in total. The minimum absolute atomic E-state index is 0.0331. The zero-order valence-corrected chi connectivity index (χ0v) is 14.7. The van der Waals surface area contributed by atoms with Gasteiger partial charge in [0.25, 0.3) is 5.91 Å². The Bertz CT molecular complexity index is 616. The van der Waals surface area contributed by atoms with Crippen LogP contribution in [0, 0.1) is 0 Å². The first kappa shape index (κ1) is 17.9. The molecule has 0 aromatic heterocycles. The van der Waals surface area contributed by atoms with Gasteiger partial charge in [-0.1, -0.05) is 19.3 Å². The molecule has 0 heterocycles. The van der Waals surface area contributed by atoms with Gasteiger partial charge in [-0.15, -0.1) is 0 Å². The van der Waals surface area contributed by atoms with Crippen molar-refractivity contribution in [3.8, 4) is 0 Å². The van der Waals surface area contributed by atoms with E-state index in [0.717, 1.165) is 25.7 Å². The lowest BCUT2D eigenvalue weighted by Crippen LogP contribution is -2.36. The molecule has 0 unspecified atom stereocenters. The smallest absolute Gasteiger partial charge is 0.253 e. The van der Waals surface area contributed by atoms with Crippen molar-refractivity contribution >= 4 is 15.9 Å². The zero-order chi connectivity index (χ0) is 16.9. The maximum Gasteiger partial charge on any atom is 0.253 e. The summed E-state index contributed by atoms with van der Waals surface area (Å²) in [6.45, 7) is 5.12. The summed E-state index contributed by atoms with van der Waals surface area (Å²) in [7, 11) is -3.51. The number of rotatable bonds is 6. The minimum Gasteiger partial charge on any atom is -0.339 e. The lowest BCUT2D eigenvalue weighted by atomic mass is 9.96. The first-order valence-electron chi connectivity index (χ1n) is 8.39. The van der Waals surface area contributed by atoms with Crippen LogP contribution in [0.5, 0.6) is 0 Å². The van der Waals surface area contributed by atoms with Gasteiger partial charge in [0.1, 0.15) is 0 Å². The van der Waals surface area contributed by atoms with Gasteiger partial charge < -0.3 is 4.90 Å². The first-order valence-corrected chi connectivity index (χ1v) is 9.88. The van der Waals surface area contributed by atoms with E-state index < -0.39 is 10.0 Å². The van der Waals surface area contributed by atoms with Crippen molar-refractivity contribution in [1.29, 1.82) is 0 Å². The number of amides is 1. The molecule has 1 saturated carbocycles. The first-order chi connectivity index (χ1) is 11.0. The number of hydrogen-bond donors (Lipinski definition) is 1. The maximum atomic E-state index is 12.4. The summed E-state index contributed by atoms with van der Waals surface area (Å²) < 4.78 is 27.6. The second-order valence-electron chi connectivity index (χ2n) is 5.96.